The van der Waals surface area contributed by atoms with E-state index in [0.717, 1.165) is 21.3 Å². The van der Waals surface area contributed by atoms with Crippen LogP contribution in [-0.2, 0) is 10.1 Å². The first-order valence-corrected chi connectivity index (χ1v) is 14.7. The van der Waals surface area contributed by atoms with Crippen molar-refractivity contribution >= 4 is 64.8 Å². The molecule has 0 aliphatic carbocycles. The van der Waals surface area contributed by atoms with Crippen molar-refractivity contribution < 1.29 is 22.2 Å². The van der Waals surface area contributed by atoms with Crippen molar-refractivity contribution in [2.75, 3.05) is 5.32 Å². The molecule has 0 bridgehead atoms. The lowest BCUT2D eigenvalue weighted by molar-refractivity contribution is 0.102. The van der Waals surface area contributed by atoms with E-state index < -0.39 is 15.9 Å². The maximum atomic E-state index is 13.2. The number of thiazole rings is 2. The number of nitrogens with one attached hydrogen (secondary N) is 1. The van der Waals surface area contributed by atoms with E-state index in [4.69, 9.17) is 4.98 Å². The third-order valence-electron chi connectivity index (χ3n) is 6.20. The van der Waals surface area contributed by atoms with Crippen LogP contribution in [0.2, 0.25) is 0 Å². The Morgan fingerprint density at radius 2 is 1.69 bits per heavy atom. The van der Waals surface area contributed by atoms with Gasteiger partial charge in [-0.3, -0.25) is 9.35 Å². The Hall–Kier alpha value is -4.03. The quantitative estimate of drug-likeness (QED) is 0.211. The number of rotatable bonds is 5. The minimum atomic E-state index is -4.51. The number of fused-ring (bicyclic) bond motifs is 2. The smallest absolute Gasteiger partial charge is 0.296 e. The number of amides is 1. The van der Waals surface area contributed by atoms with Gasteiger partial charge < -0.3 is 5.32 Å². The third-order valence-corrected chi connectivity index (χ3v) is 9.29. The fourth-order valence-electron chi connectivity index (χ4n) is 4.38. The van der Waals surface area contributed by atoms with Crippen molar-refractivity contribution in [1.29, 1.82) is 0 Å². The highest BCUT2D eigenvalue weighted by Crippen LogP contribution is 2.41. The lowest BCUT2D eigenvalue weighted by Gasteiger charge is -2.10. The van der Waals surface area contributed by atoms with E-state index in [0.29, 0.717) is 37.6 Å². The van der Waals surface area contributed by atoms with Crippen LogP contribution in [0.15, 0.2) is 83.2 Å². The Morgan fingerprint density at radius 3 is 2.41 bits per heavy atom. The van der Waals surface area contributed by atoms with E-state index >= 15 is 0 Å². The number of carbonyl (C=O) groups excluding carboxylic acids is 1. The van der Waals surface area contributed by atoms with E-state index in [1.54, 1.807) is 42.8 Å². The van der Waals surface area contributed by atoms with Gasteiger partial charge in [-0.2, -0.15) is 8.42 Å². The van der Waals surface area contributed by atoms with Gasteiger partial charge in [-0.05, 0) is 78.7 Å². The molecular weight excluding hydrogens is 558 g/mol. The van der Waals surface area contributed by atoms with E-state index in [1.807, 2.05) is 18.2 Å². The molecule has 0 radical (unpaired) electrons. The zero-order valence-corrected chi connectivity index (χ0v) is 22.6. The number of anilines is 1. The van der Waals surface area contributed by atoms with E-state index in [1.165, 1.54) is 46.9 Å². The van der Waals surface area contributed by atoms with Gasteiger partial charge in [0.15, 0.2) is 0 Å². The second kappa shape index (κ2) is 9.62. The number of hydrogen-bond donors (Lipinski definition) is 2. The zero-order chi connectivity index (χ0) is 27.3. The van der Waals surface area contributed by atoms with Crippen LogP contribution in [0.5, 0.6) is 0 Å². The molecule has 2 heterocycles. The fourth-order valence-corrected chi connectivity index (χ4v) is 7.41. The summed E-state index contributed by atoms with van der Waals surface area (Å²) in [4.78, 5) is 21.5. The number of nitrogens with zero attached hydrogens (tertiary/aromatic N) is 2. The van der Waals surface area contributed by atoms with Gasteiger partial charge >= 0.3 is 0 Å². The van der Waals surface area contributed by atoms with Crippen molar-refractivity contribution in [1.82, 2.24) is 9.97 Å². The first-order chi connectivity index (χ1) is 18.7. The van der Waals surface area contributed by atoms with Gasteiger partial charge in [0.25, 0.3) is 16.0 Å². The van der Waals surface area contributed by atoms with Crippen LogP contribution < -0.4 is 5.32 Å². The molecule has 4 aromatic carbocycles. The molecule has 0 unspecified atom stereocenters. The maximum Gasteiger partial charge on any atom is 0.296 e. The number of aryl methyl sites for hydroxylation is 1. The van der Waals surface area contributed by atoms with Crippen LogP contribution in [0, 0.1) is 12.7 Å². The molecule has 194 valence electrons. The first kappa shape index (κ1) is 25.3. The summed E-state index contributed by atoms with van der Waals surface area (Å²) >= 11 is 2.70. The summed E-state index contributed by atoms with van der Waals surface area (Å²) in [5, 5.41) is 3.39. The molecule has 2 N–H and O–H groups in total. The number of hydrogen-bond acceptors (Lipinski definition) is 7. The zero-order valence-electron chi connectivity index (χ0n) is 20.2. The highest BCUT2D eigenvalue weighted by Gasteiger charge is 2.24. The predicted molar refractivity (Wildman–Crippen MR) is 153 cm³/mol. The van der Waals surface area contributed by atoms with Crippen LogP contribution in [0.25, 0.3) is 42.1 Å². The minimum absolute atomic E-state index is 0.160. The summed E-state index contributed by atoms with van der Waals surface area (Å²) in [6.45, 7) is 1.63. The molecule has 7 nitrogen and oxygen atoms in total. The summed E-state index contributed by atoms with van der Waals surface area (Å²) in [5.74, 6) is -0.799. The van der Waals surface area contributed by atoms with Gasteiger partial charge in [0, 0.05) is 22.4 Å². The molecule has 0 aliphatic heterocycles. The third kappa shape index (κ3) is 4.81. The summed E-state index contributed by atoms with van der Waals surface area (Å²) < 4.78 is 49.3. The predicted octanol–water partition coefficient (Wildman–Crippen LogP) is 7.19. The number of benzene rings is 4. The Bertz CT molecular complexity index is 2000. The standard InChI is InChI=1S/C28H18FN3O4S3/c1-15-12-21(16-4-9-20(10-5-16)31-27(33)17-2-7-19(29)8-3-17)24-25(26(15)39(34,35)36)38-28(32-24)18-6-11-22-23(13-18)37-14-30-22/h2-14H,1H3,(H,31,33)(H,34,35,36). The minimum Gasteiger partial charge on any atom is -0.322 e. The summed E-state index contributed by atoms with van der Waals surface area (Å²) in [6, 6.07) is 19.7. The molecule has 0 saturated heterocycles. The molecule has 1 amide bonds. The van der Waals surface area contributed by atoms with Crippen molar-refractivity contribution in [2.45, 2.75) is 11.8 Å². The van der Waals surface area contributed by atoms with Crippen LogP contribution in [0.3, 0.4) is 0 Å². The summed E-state index contributed by atoms with van der Waals surface area (Å²) in [6.07, 6.45) is 0. The Morgan fingerprint density at radius 1 is 0.974 bits per heavy atom. The fraction of sp³-hybridized carbons (Fsp3) is 0.0357. The molecule has 6 aromatic rings. The normalized spacial score (nSPS) is 11.8. The van der Waals surface area contributed by atoms with Gasteiger partial charge in [-0.15, -0.1) is 22.7 Å². The molecule has 11 heteroatoms. The first-order valence-electron chi connectivity index (χ1n) is 11.6. The van der Waals surface area contributed by atoms with E-state index in [9.17, 15) is 22.2 Å². The lowest BCUT2D eigenvalue weighted by Crippen LogP contribution is -2.11. The average Bonchev–Trinajstić information content (AvgIpc) is 3.55. The Balaban J connectivity index is 1.42. The van der Waals surface area contributed by atoms with Gasteiger partial charge in [0.2, 0.25) is 0 Å². The Labute approximate surface area is 230 Å². The van der Waals surface area contributed by atoms with Crippen molar-refractivity contribution in [3.8, 4) is 21.7 Å². The second-order valence-corrected chi connectivity index (χ2v) is 12.1. The SMILES string of the molecule is Cc1cc(-c2ccc(NC(=O)c3ccc(F)cc3)cc2)c2nc(-c3ccc4ncsc4c3)sc2c1S(=O)(=O)O. The van der Waals surface area contributed by atoms with Crippen molar-refractivity contribution in [3.05, 3.63) is 95.3 Å². The molecule has 0 saturated carbocycles. The van der Waals surface area contributed by atoms with Gasteiger partial charge in [-0.1, -0.05) is 12.1 Å². The molecule has 0 spiro atoms. The van der Waals surface area contributed by atoms with Crippen molar-refractivity contribution in [3.63, 3.8) is 0 Å². The number of aromatic nitrogens is 2. The Kier molecular flexibility index (Phi) is 6.23. The molecule has 0 atom stereocenters. The number of carbonyl (C=O) groups is 1. The molecule has 6 rings (SSSR count). The van der Waals surface area contributed by atoms with Crippen LogP contribution in [0.4, 0.5) is 10.1 Å². The highest BCUT2D eigenvalue weighted by atomic mass is 32.2. The van der Waals surface area contributed by atoms with Crippen LogP contribution in [0.1, 0.15) is 15.9 Å². The van der Waals surface area contributed by atoms with Crippen LogP contribution >= 0.6 is 22.7 Å². The molecular formula is C28H18FN3O4S3. The number of halogens is 1. The lowest BCUT2D eigenvalue weighted by atomic mass is 10.0. The monoisotopic (exact) mass is 575 g/mol. The highest BCUT2D eigenvalue weighted by molar-refractivity contribution is 7.86. The molecule has 2 aromatic heterocycles. The molecule has 39 heavy (non-hydrogen) atoms. The van der Waals surface area contributed by atoms with Gasteiger partial charge in [0.1, 0.15) is 15.7 Å². The summed E-state index contributed by atoms with van der Waals surface area (Å²) in [7, 11) is -4.51. The molecule has 0 fully saturated rings. The van der Waals surface area contributed by atoms with Gasteiger partial charge in [0.05, 0.1) is 25.9 Å². The summed E-state index contributed by atoms with van der Waals surface area (Å²) in [5.41, 5.74) is 6.58. The topological polar surface area (TPSA) is 109 Å². The molecule has 0 aliphatic rings. The van der Waals surface area contributed by atoms with E-state index in [-0.39, 0.29) is 10.8 Å². The second-order valence-electron chi connectivity index (χ2n) is 8.82. The average molecular weight is 576 g/mol. The maximum absolute atomic E-state index is 13.2. The van der Waals surface area contributed by atoms with E-state index in [2.05, 4.69) is 10.3 Å². The van der Waals surface area contributed by atoms with Gasteiger partial charge in [-0.25, -0.2) is 14.4 Å². The largest absolute Gasteiger partial charge is 0.322 e. The van der Waals surface area contributed by atoms with Crippen LogP contribution in [-0.4, -0.2) is 28.8 Å². The van der Waals surface area contributed by atoms with Crippen molar-refractivity contribution in [2.24, 2.45) is 0 Å².